The van der Waals surface area contributed by atoms with Crippen LogP contribution in [-0.2, 0) is 4.43 Å². The third-order valence-corrected chi connectivity index (χ3v) is 9.61. The summed E-state index contributed by atoms with van der Waals surface area (Å²) >= 11 is 2.42. The summed E-state index contributed by atoms with van der Waals surface area (Å²) < 4.78 is 3.04. The number of aromatic nitrogens is 4. The summed E-state index contributed by atoms with van der Waals surface area (Å²) in [5.74, 6) is 0.813. The molecule has 2 N–H and O–H groups in total. The van der Waals surface area contributed by atoms with Crippen LogP contribution in [0.4, 0.5) is 0 Å². The monoisotopic (exact) mass is 719 g/mol. The number of pyridine rings is 3. The van der Waals surface area contributed by atoms with Gasteiger partial charge in [-0.25, -0.2) is 15.0 Å². The number of alkyl halides is 1. The molecule has 8 rings (SSSR count). The summed E-state index contributed by atoms with van der Waals surface area (Å²) in [4.78, 5) is 15.4. The molecule has 4 heterocycles. The second kappa shape index (κ2) is 12.1. The summed E-state index contributed by atoms with van der Waals surface area (Å²) in [5, 5.41) is 6.07. The summed E-state index contributed by atoms with van der Waals surface area (Å²) in [6, 6.07) is 43.9. The molecule has 47 heavy (non-hydrogen) atoms. The Morgan fingerprint density at radius 1 is 0.574 bits per heavy atom. The van der Waals surface area contributed by atoms with Crippen LogP contribution in [0.3, 0.4) is 0 Å². The summed E-state index contributed by atoms with van der Waals surface area (Å²) in [6.07, 6.45) is 3.55. The van der Waals surface area contributed by atoms with E-state index in [4.69, 9.17) is 20.7 Å². The normalized spacial score (nSPS) is 11.7. The molecule has 4 aromatic carbocycles. The molecule has 0 bridgehead atoms. The van der Waals surface area contributed by atoms with Gasteiger partial charge in [0.25, 0.3) is 0 Å². The maximum absolute atomic E-state index is 5.92. The van der Waals surface area contributed by atoms with E-state index in [1.807, 2.05) is 48.5 Å². The van der Waals surface area contributed by atoms with Crippen molar-refractivity contribution in [3.63, 3.8) is 0 Å². The molecule has 5 nitrogen and oxygen atoms in total. The topological polar surface area (TPSA) is 69.6 Å². The fourth-order valence-corrected chi connectivity index (χ4v) is 7.53. The number of para-hydroxylation sites is 1. The van der Waals surface area contributed by atoms with Gasteiger partial charge >= 0.3 is 0 Å². The molecule has 0 radical (unpaired) electrons. The van der Waals surface area contributed by atoms with Crippen LogP contribution < -0.4 is 5.73 Å². The lowest BCUT2D eigenvalue weighted by atomic mass is 9.90. The zero-order valence-corrected chi connectivity index (χ0v) is 27.9. The number of hydrogen-bond donors (Lipinski definition) is 1. The summed E-state index contributed by atoms with van der Waals surface area (Å²) in [7, 11) is 0. The van der Waals surface area contributed by atoms with Crippen molar-refractivity contribution in [3.8, 4) is 39.9 Å². The molecule has 0 aliphatic heterocycles. The Kier molecular flexibility index (Phi) is 7.50. The van der Waals surface area contributed by atoms with Crippen molar-refractivity contribution >= 4 is 61.1 Å². The summed E-state index contributed by atoms with van der Waals surface area (Å²) in [5.41, 5.74) is 15.8. The average Bonchev–Trinajstić information content (AvgIpc) is 3.45. The number of nitrogens with zero attached hydrogens (tertiary/aromatic N) is 4. The number of fused-ring (bicyclic) bond motifs is 3. The van der Waals surface area contributed by atoms with Crippen LogP contribution in [0.5, 0.6) is 0 Å². The van der Waals surface area contributed by atoms with Crippen LogP contribution >= 0.6 is 22.6 Å². The molecular formula is C41H30IN5. The van der Waals surface area contributed by atoms with Gasteiger partial charge in [-0.05, 0) is 94.3 Å². The van der Waals surface area contributed by atoms with Crippen molar-refractivity contribution in [2.75, 3.05) is 0 Å². The van der Waals surface area contributed by atoms with Crippen LogP contribution in [0.15, 0.2) is 134 Å². The van der Waals surface area contributed by atoms with E-state index >= 15 is 0 Å². The molecular weight excluding hydrogens is 689 g/mol. The number of rotatable bonds is 6. The van der Waals surface area contributed by atoms with Crippen molar-refractivity contribution in [1.82, 2.24) is 19.5 Å². The van der Waals surface area contributed by atoms with Gasteiger partial charge in [-0.1, -0.05) is 108 Å². The first kappa shape index (κ1) is 29.1. The molecule has 0 saturated carbocycles. The molecule has 0 unspecified atom stereocenters. The van der Waals surface area contributed by atoms with Crippen molar-refractivity contribution < 1.29 is 0 Å². The predicted octanol–water partition coefficient (Wildman–Crippen LogP) is 10.3. The molecule has 0 saturated heterocycles. The molecule has 226 valence electrons. The number of benzene rings is 4. The first-order valence-corrected chi connectivity index (χ1v) is 17.1. The first-order chi connectivity index (χ1) is 23.2. The lowest BCUT2D eigenvalue weighted by Gasteiger charge is -2.15. The second-order valence-electron chi connectivity index (χ2n) is 11.5. The Balaban J connectivity index is 1.24. The van der Waals surface area contributed by atoms with Crippen molar-refractivity contribution in [1.29, 1.82) is 0 Å². The Bertz CT molecular complexity index is 2440. The molecule has 4 aromatic heterocycles. The zero-order chi connectivity index (χ0) is 31.9. The first-order valence-electron chi connectivity index (χ1n) is 15.6. The van der Waals surface area contributed by atoms with E-state index in [9.17, 15) is 0 Å². The van der Waals surface area contributed by atoms with Crippen LogP contribution in [0, 0.1) is 6.92 Å². The lowest BCUT2D eigenvalue weighted by molar-refractivity contribution is 1.02. The molecule has 0 amide bonds. The molecule has 6 heteroatoms. The highest BCUT2D eigenvalue weighted by atomic mass is 127. The van der Waals surface area contributed by atoms with Crippen molar-refractivity contribution in [2.45, 2.75) is 11.4 Å². The van der Waals surface area contributed by atoms with Gasteiger partial charge in [0.1, 0.15) is 5.82 Å². The van der Waals surface area contributed by atoms with E-state index in [2.05, 4.69) is 119 Å². The molecule has 0 atom stereocenters. The van der Waals surface area contributed by atoms with Gasteiger partial charge in [-0.15, -0.1) is 0 Å². The maximum atomic E-state index is 5.92. The average molecular weight is 720 g/mol. The highest BCUT2D eigenvalue weighted by Crippen LogP contribution is 2.39. The minimum absolute atomic E-state index is 0.782. The molecule has 0 aliphatic rings. The highest BCUT2D eigenvalue weighted by Gasteiger charge is 2.18. The molecule has 0 spiro atoms. The van der Waals surface area contributed by atoms with Gasteiger partial charge in [0.2, 0.25) is 0 Å². The number of nitrogens with two attached hydrogens (primary N) is 1. The van der Waals surface area contributed by atoms with Gasteiger partial charge in [0, 0.05) is 15.4 Å². The van der Waals surface area contributed by atoms with Crippen LogP contribution in [0.25, 0.3) is 78.4 Å². The Hall–Kier alpha value is -5.34. The fourth-order valence-electron chi connectivity index (χ4n) is 6.73. The van der Waals surface area contributed by atoms with Crippen molar-refractivity contribution in [2.24, 2.45) is 5.73 Å². The number of hydrogen-bond acceptors (Lipinski definition) is 4. The standard InChI is InChI=1S/C41H30IN5/c1-26-27-11-2-4-14-30(27)41(31-15-5-3-12-28(26)31)37-20-9-18-34(45-37)33-16-8-17-35(44-33)36-19-10-22-40(46-36)47-38-21-7-6-13-29(38)32(25-42)39(47)23-24-43/h2-24H,25,43H2,1H3/b24-23-. The van der Waals surface area contributed by atoms with Crippen LogP contribution in [0.1, 0.15) is 16.8 Å². The maximum Gasteiger partial charge on any atom is 0.138 e. The van der Waals surface area contributed by atoms with Gasteiger partial charge in [0.05, 0.1) is 39.7 Å². The molecule has 0 fully saturated rings. The Morgan fingerprint density at radius 2 is 1.06 bits per heavy atom. The zero-order valence-electron chi connectivity index (χ0n) is 25.7. The predicted molar refractivity (Wildman–Crippen MR) is 204 cm³/mol. The van der Waals surface area contributed by atoms with Crippen LogP contribution in [-0.4, -0.2) is 19.5 Å². The van der Waals surface area contributed by atoms with Gasteiger partial charge in [-0.3, -0.25) is 4.57 Å². The summed E-state index contributed by atoms with van der Waals surface area (Å²) in [6.45, 7) is 2.20. The van der Waals surface area contributed by atoms with Crippen LogP contribution in [0.2, 0.25) is 0 Å². The fraction of sp³-hybridized carbons (Fsp3) is 0.0488. The minimum Gasteiger partial charge on any atom is -0.405 e. The minimum atomic E-state index is 0.782. The second-order valence-corrected chi connectivity index (χ2v) is 12.3. The van der Waals surface area contributed by atoms with Gasteiger partial charge in [-0.2, -0.15) is 0 Å². The van der Waals surface area contributed by atoms with E-state index in [1.165, 1.54) is 38.1 Å². The third-order valence-electron chi connectivity index (χ3n) is 8.85. The third kappa shape index (κ3) is 4.96. The Labute approximate surface area is 286 Å². The molecule has 0 aliphatic carbocycles. The van der Waals surface area contributed by atoms with E-state index in [-0.39, 0.29) is 0 Å². The highest BCUT2D eigenvalue weighted by molar-refractivity contribution is 14.1. The Morgan fingerprint density at radius 3 is 1.66 bits per heavy atom. The van der Waals surface area contributed by atoms with E-state index in [1.54, 1.807) is 6.20 Å². The quantitative estimate of drug-likeness (QED) is 0.106. The largest absolute Gasteiger partial charge is 0.405 e. The van der Waals surface area contributed by atoms with E-state index in [0.717, 1.165) is 55.5 Å². The molecule has 8 aromatic rings. The van der Waals surface area contributed by atoms with Gasteiger partial charge in [0.15, 0.2) is 0 Å². The smallest absolute Gasteiger partial charge is 0.138 e. The lowest BCUT2D eigenvalue weighted by Crippen LogP contribution is -2.02. The number of aryl methyl sites for hydroxylation is 1. The van der Waals surface area contributed by atoms with E-state index < -0.39 is 0 Å². The number of halogens is 1. The van der Waals surface area contributed by atoms with Crippen molar-refractivity contribution in [3.05, 3.63) is 150 Å². The van der Waals surface area contributed by atoms with Gasteiger partial charge < -0.3 is 5.73 Å². The SMILES string of the molecule is Cc1c2ccccc2c(-c2cccc(-c3cccc(-c4cccc(-n5c(/C=C\N)c(CI)c6ccccc65)n4)n3)n2)c2ccccc12. The van der Waals surface area contributed by atoms with E-state index in [0.29, 0.717) is 0 Å².